The monoisotopic (exact) mass is 516 g/mol. The van der Waals surface area contributed by atoms with Crippen LogP contribution in [0.3, 0.4) is 0 Å². The van der Waals surface area contributed by atoms with Crippen molar-refractivity contribution in [2.75, 3.05) is 52.9 Å². The van der Waals surface area contributed by atoms with Gasteiger partial charge in [0.05, 0.1) is 7.11 Å². The van der Waals surface area contributed by atoms with Gasteiger partial charge in [-0.3, -0.25) is 4.99 Å². The van der Waals surface area contributed by atoms with E-state index in [9.17, 15) is 0 Å². The summed E-state index contributed by atoms with van der Waals surface area (Å²) >= 11 is 0. The van der Waals surface area contributed by atoms with Crippen LogP contribution in [-0.2, 0) is 0 Å². The molecule has 29 heavy (non-hydrogen) atoms. The van der Waals surface area contributed by atoms with Gasteiger partial charge in [-0.2, -0.15) is 0 Å². The molecule has 2 rings (SSSR count). The number of methoxy groups -OCH3 is 1. The summed E-state index contributed by atoms with van der Waals surface area (Å²) in [6.45, 7) is 16.4. The highest BCUT2D eigenvalue weighted by atomic mass is 127. The standard InChI is InChI=1S/C23H40N4O.HI/c1-6-24-23(27-16-14-20(18-27)17-26(7-2)8-3)25-15-13-19(4)21-9-11-22(28-5)12-10-21;/h9-12,19-20H,6-8,13-18H2,1-5H3,(H,24,25);1H. The smallest absolute Gasteiger partial charge is 0.193 e. The predicted octanol–water partition coefficient (Wildman–Crippen LogP) is 4.44. The Hall–Kier alpha value is -1.02. The number of likely N-dealkylation sites (tertiary alicyclic amines) is 1. The van der Waals surface area contributed by atoms with Gasteiger partial charge in [-0.1, -0.05) is 32.9 Å². The van der Waals surface area contributed by atoms with Gasteiger partial charge >= 0.3 is 0 Å². The predicted molar refractivity (Wildman–Crippen MR) is 135 cm³/mol. The van der Waals surface area contributed by atoms with Gasteiger partial charge in [0, 0.05) is 32.7 Å². The molecule has 5 nitrogen and oxygen atoms in total. The van der Waals surface area contributed by atoms with E-state index in [4.69, 9.17) is 9.73 Å². The van der Waals surface area contributed by atoms with Crippen LogP contribution in [0.25, 0.3) is 0 Å². The molecular weight excluding hydrogens is 475 g/mol. The second-order valence-electron chi connectivity index (χ2n) is 7.79. The van der Waals surface area contributed by atoms with Crippen molar-refractivity contribution in [2.24, 2.45) is 10.9 Å². The van der Waals surface area contributed by atoms with Crippen LogP contribution in [0.5, 0.6) is 5.75 Å². The first-order valence-electron chi connectivity index (χ1n) is 11.0. The minimum Gasteiger partial charge on any atom is -0.497 e. The zero-order valence-electron chi connectivity index (χ0n) is 19.0. The number of nitrogens with one attached hydrogen (secondary N) is 1. The lowest BCUT2D eigenvalue weighted by molar-refractivity contribution is 0.255. The quantitative estimate of drug-likeness (QED) is 0.284. The Kier molecular flexibility index (Phi) is 12.6. The van der Waals surface area contributed by atoms with Gasteiger partial charge in [0.1, 0.15) is 5.75 Å². The fraction of sp³-hybridized carbons (Fsp3) is 0.696. The molecule has 1 aliphatic heterocycles. The van der Waals surface area contributed by atoms with E-state index < -0.39 is 0 Å². The molecule has 166 valence electrons. The normalized spacial score (nSPS) is 17.9. The first-order valence-corrected chi connectivity index (χ1v) is 11.0. The summed E-state index contributed by atoms with van der Waals surface area (Å²) in [7, 11) is 1.71. The molecule has 0 radical (unpaired) electrons. The van der Waals surface area contributed by atoms with Crippen molar-refractivity contribution >= 4 is 29.9 Å². The van der Waals surface area contributed by atoms with Gasteiger partial charge in [-0.15, -0.1) is 24.0 Å². The number of nitrogens with zero attached hydrogens (tertiary/aromatic N) is 3. The molecule has 1 N–H and O–H groups in total. The highest BCUT2D eigenvalue weighted by Crippen LogP contribution is 2.22. The van der Waals surface area contributed by atoms with Crippen molar-refractivity contribution < 1.29 is 4.74 Å². The molecule has 0 amide bonds. The molecule has 2 unspecified atom stereocenters. The fourth-order valence-electron chi connectivity index (χ4n) is 3.91. The van der Waals surface area contributed by atoms with E-state index >= 15 is 0 Å². The molecule has 0 bridgehead atoms. The molecule has 0 saturated carbocycles. The number of benzene rings is 1. The molecule has 1 heterocycles. The molecule has 1 fully saturated rings. The van der Waals surface area contributed by atoms with Crippen LogP contribution in [0.1, 0.15) is 52.0 Å². The van der Waals surface area contributed by atoms with Crippen LogP contribution in [0.4, 0.5) is 0 Å². The molecule has 2 atom stereocenters. The Morgan fingerprint density at radius 3 is 2.52 bits per heavy atom. The number of halogens is 1. The van der Waals surface area contributed by atoms with E-state index in [2.05, 4.69) is 54.9 Å². The Bertz CT molecular complexity index is 589. The van der Waals surface area contributed by atoms with Crippen molar-refractivity contribution in [3.05, 3.63) is 29.8 Å². The molecule has 1 aromatic carbocycles. The topological polar surface area (TPSA) is 40.1 Å². The minimum absolute atomic E-state index is 0. The fourth-order valence-corrected chi connectivity index (χ4v) is 3.91. The van der Waals surface area contributed by atoms with E-state index in [1.54, 1.807) is 7.11 Å². The third kappa shape index (κ3) is 8.32. The van der Waals surface area contributed by atoms with E-state index in [0.717, 1.165) is 63.3 Å². The molecule has 0 spiro atoms. The summed E-state index contributed by atoms with van der Waals surface area (Å²) in [6, 6.07) is 8.41. The zero-order valence-corrected chi connectivity index (χ0v) is 21.3. The number of guanidine groups is 1. The van der Waals surface area contributed by atoms with Crippen LogP contribution in [0.2, 0.25) is 0 Å². The van der Waals surface area contributed by atoms with Gasteiger partial charge in [0.15, 0.2) is 5.96 Å². The molecule has 6 heteroatoms. The number of rotatable bonds is 10. The van der Waals surface area contributed by atoms with E-state index in [0.29, 0.717) is 5.92 Å². The Morgan fingerprint density at radius 1 is 1.24 bits per heavy atom. The number of hydrogen-bond donors (Lipinski definition) is 1. The summed E-state index contributed by atoms with van der Waals surface area (Å²) in [5, 5.41) is 3.50. The second kappa shape index (κ2) is 14.1. The van der Waals surface area contributed by atoms with Gasteiger partial charge < -0.3 is 19.9 Å². The van der Waals surface area contributed by atoms with Gasteiger partial charge in [0.2, 0.25) is 0 Å². The molecular formula is C23H41IN4O. The third-order valence-corrected chi connectivity index (χ3v) is 5.84. The lowest BCUT2D eigenvalue weighted by Crippen LogP contribution is -2.41. The lowest BCUT2D eigenvalue weighted by atomic mass is 9.98. The zero-order chi connectivity index (χ0) is 20.4. The maximum absolute atomic E-state index is 5.25. The van der Waals surface area contributed by atoms with Crippen LogP contribution >= 0.6 is 24.0 Å². The summed E-state index contributed by atoms with van der Waals surface area (Å²) in [5.41, 5.74) is 1.35. The molecule has 1 saturated heterocycles. The van der Waals surface area contributed by atoms with Gasteiger partial charge in [-0.25, -0.2) is 0 Å². The SMILES string of the molecule is CCNC(=NCCC(C)c1ccc(OC)cc1)N1CCC(CN(CC)CC)C1.I. The number of hydrogen-bond acceptors (Lipinski definition) is 3. The van der Waals surface area contributed by atoms with Crippen LogP contribution in [0, 0.1) is 5.92 Å². The molecule has 1 aromatic rings. The summed E-state index contributed by atoms with van der Waals surface area (Å²) in [5.74, 6) is 3.25. The van der Waals surface area contributed by atoms with Crippen molar-refractivity contribution in [2.45, 2.75) is 46.5 Å². The summed E-state index contributed by atoms with van der Waals surface area (Å²) in [4.78, 5) is 9.93. The van der Waals surface area contributed by atoms with E-state index in [1.807, 2.05) is 12.1 Å². The summed E-state index contributed by atoms with van der Waals surface area (Å²) in [6.07, 6.45) is 2.32. The highest BCUT2D eigenvalue weighted by Gasteiger charge is 2.25. The van der Waals surface area contributed by atoms with Crippen LogP contribution in [-0.4, -0.2) is 68.7 Å². The maximum Gasteiger partial charge on any atom is 0.193 e. The largest absolute Gasteiger partial charge is 0.497 e. The molecule has 1 aliphatic rings. The number of aliphatic imine (C=N–C) groups is 1. The first-order chi connectivity index (χ1) is 13.6. The Balaban J connectivity index is 0.00000420. The van der Waals surface area contributed by atoms with Gasteiger partial charge in [0.25, 0.3) is 0 Å². The first kappa shape index (κ1) is 26.0. The highest BCUT2D eigenvalue weighted by molar-refractivity contribution is 14.0. The molecule has 0 aliphatic carbocycles. The van der Waals surface area contributed by atoms with Crippen molar-refractivity contribution in [1.82, 2.24) is 15.1 Å². The van der Waals surface area contributed by atoms with Crippen molar-refractivity contribution in [3.8, 4) is 5.75 Å². The Labute approximate surface area is 195 Å². The average molecular weight is 517 g/mol. The Morgan fingerprint density at radius 2 is 1.93 bits per heavy atom. The van der Waals surface area contributed by atoms with Gasteiger partial charge in [-0.05, 0) is 62.4 Å². The van der Waals surface area contributed by atoms with Crippen molar-refractivity contribution in [1.29, 1.82) is 0 Å². The van der Waals surface area contributed by atoms with Crippen LogP contribution < -0.4 is 10.1 Å². The van der Waals surface area contributed by atoms with E-state index in [-0.39, 0.29) is 24.0 Å². The summed E-state index contributed by atoms with van der Waals surface area (Å²) < 4.78 is 5.25. The minimum atomic E-state index is 0. The van der Waals surface area contributed by atoms with Crippen molar-refractivity contribution in [3.63, 3.8) is 0 Å². The number of ether oxygens (including phenoxy) is 1. The molecule has 0 aromatic heterocycles. The van der Waals surface area contributed by atoms with Crippen LogP contribution in [0.15, 0.2) is 29.3 Å². The average Bonchev–Trinajstić information content (AvgIpc) is 3.19. The third-order valence-electron chi connectivity index (χ3n) is 5.84. The second-order valence-corrected chi connectivity index (χ2v) is 7.79. The lowest BCUT2D eigenvalue weighted by Gasteiger charge is -2.24. The van der Waals surface area contributed by atoms with E-state index in [1.165, 1.54) is 18.5 Å². The maximum atomic E-state index is 5.25.